The van der Waals surface area contributed by atoms with Crippen LogP contribution in [0.2, 0.25) is 0 Å². The highest BCUT2D eigenvalue weighted by Crippen LogP contribution is 2.35. The number of Topliss-reactive ketones (excluding diaryl/α,β-unsaturated/α-hetero) is 1. The molecular formula is C24H18O4. The number of carbonyl (C=O) groups is 2. The largest absolute Gasteiger partial charge is 0.452 e. The summed E-state index contributed by atoms with van der Waals surface area (Å²) >= 11 is 0. The van der Waals surface area contributed by atoms with Crippen LogP contribution < -0.4 is 9.47 Å². The Labute approximate surface area is 163 Å². The summed E-state index contributed by atoms with van der Waals surface area (Å²) in [5, 5.41) is 0. The van der Waals surface area contributed by atoms with Gasteiger partial charge in [-0.15, -0.1) is 0 Å². The van der Waals surface area contributed by atoms with Crippen LogP contribution in [-0.4, -0.2) is 11.8 Å². The average Bonchev–Trinajstić information content (AvgIpc) is 2.99. The zero-order valence-corrected chi connectivity index (χ0v) is 15.6. The number of aryl methyl sites for hydroxylation is 2. The van der Waals surface area contributed by atoms with Crippen molar-refractivity contribution >= 4 is 17.8 Å². The normalized spacial score (nSPS) is 13.9. The smallest absolute Gasteiger partial charge is 0.343 e. The summed E-state index contributed by atoms with van der Waals surface area (Å²) in [5.74, 6) is 0.328. The lowest BCUT2D eigenvalue weighted by atomic mass is 10.1. The monoisotopic (exact) mass is 370 g/mol. The van der Waals surface area contributed by atoms with Crippen molar-refractivity contribution in [3.8, 4) is 11.5 Å². The number of allylic oxidation sites excluding steroid dienone is 1. The molecule has 0 amide bonds. The van der Waals surface area contributed by atoms with Gasteiger partial charge in [0.1, 0.15) is 11.5 Å². The van der Waals surface area contributed by atoms with Crippen LogP contribution in [0.15, 0.2) is 72.5 Å². The molecule has 0 aromatic heterocycles. The summed E-state index contributed by atoms with van der Waals surface area (Å²) in [6.45, 7) is 3.92. The molecule has 0 fully saturated rings. The van der Waals surface area contributed by atoms with Gasteiger partial charge in [-0.25, -0.2) is 4.79 Å². The topological polar surface area (TPSA) is 52.6 Å². The van der Waals surface area contributed by atoms with E-state index in [4.69, 9.17) is 9.47 Å². The molecule has 3 aromatic carbocycles. The average molecular weight is 370 g/mol. The maximum absolute atomic E-state index is 12.6. The van der Waals surface area contributed by atoms with E-state index in [2.05, 4.69) is 0 Å². The molecule has 3 aromatic rings. The van der Waals surface area contributed by atoms with E-state index >= 15 is 0 Å². The number of ether oxygens (including phenoxy) is 2. The number of esters is 1. The van der Waals surface area contributed by atoms with Gasteiger partial charge in [-0.1, -0.05) is 42.0 Å². The molecule has 1 heterocycles. The van der Waals surface area contributed by atoms with Gasteiger partial charge in [0.05, 0.1) is 11.1 Å². The Balaban J connectivity index is 1.56. The minimum atomic E-state index is -0.458. The lowest BCUT2D eigenvalue weighted by Gasteiger charge is -2.06. The lowest BCUT2D eigenvalue weighted by molar-refractivity contribution is 0.0734. The molecule has 4 rings (SSSR count). The molecule has 0 saturated carbocycles. The number of hydrogen-bond donors (Lipinski definition) is 0. The van der Waals surface area contributed by atoms with Crippen molar-refractivity contribution in [2.45, 2.75) is 13.8 Å². The second-order valence-corrected chi connectivity index (χ2v) is 6.71. The fourth-order valence-corrected chi connectivity index (χ4v) is 2.98. The van der Waals surface area contributed by atoms with Gasteiger partial charge >= 0.3 is 5.97 Å². The lowest BCUT2D eigenvalue weighted by Crippen LogP contribution is -2.08. The van der Waals surface area contributed by atoms with Crippen molar-refractivity contribution in [3.05, 3.63) is 100 Å². The Kier molecular flexibility index (Phi) is 4.53. The first-order chi connectivity index (χ1) is 13.5. The van der Waals surface area contributed by atoms with E-state index in [9.17, 15) is 9.59 Å². The highest BCUT2D eigenvalue weighted by atomic mass is 16.5. The number of fused-ring (bicyclic) bond motifs is 1. The summed E-state index contributed by atoms with van der Waals surface area (Å²) in [7, 11) is 0. The van der Waals surface area contributed by atoms with Gasteiger partial charge in [-0.3, -0.25) is 4.79 Å². The third kappa shape index (κ3) is 3.45. The van der Waals surface area contributed by atoms with Crippen LogP contribution in [0.1, 0.15) is 37.4 Å². The van der Waals surface area contributed by atoms with Crippen LogP contribution in [0, 0.1) is 13.8 Å². The van der Waals surface area contributed by atoms with Crippen molar-refractivity contribution in [1.29, 1.82) is 0 Å². The molecular weight excluding hydrogens is 352 g/mol. The van der Waals surface area contributed by atoms with Crippen LogP contribution in [-0.2, 0) is 0 Å². The molecule has 4 heteroatoms. The van der Waals surface area contributed by atoms with Gasteiger partial charge < -0.3 is 9.47 Å². The molecule has 4 nitrogen and oxygen atoms in total. The predicted molar refractivity (Wildman–Crippen MR) is 107 cm³/mol. The highest BCUT2D eigenvalue weighted by molar-refractivity contribution is 6.14. The molecule has 138 valence electrons. The van der Waals surface area contributed by atoms with Crippen molar-refractivity contribution in [2.75, 3.05) is 0 Å². The first kappa shape index (κ1) is 17.7. The van der Waals surface area contributed by atoms with E-state index in [1.807, 2.05) is 50.2 Å². The molecule has 0 bridgehead atoms. The summed E-state index contributed by atoms with van der Waals surface area (Å²) in [6, 6.07) is 19.7. The Bertz CT molecular complexity index is 1110. The van der Waals surface area contributed by atoms with E-state index in [1.54, 1.807) is 36.4 Å². The highest BCUT2D eigenvalue weighted by Gasteiger charge is 2.28. The third-order valence-electron chi connectivity index (χ3n) is 4.61. The number of ketones is 1. The van der Waals surface area contributed by atoms with Gasteiger partial charge in [0.25, 0.3) is 0 Å². The molecule has 0 atom stereocenters. The number of carbonyl (C=O) groups excluding carboxylic acids is 2. The van der Waals surface area contributed by atoms with Crippen LogP contribution in [0.5, 0.6) is 11.5 Å². The Morgan fingerprint density at radius 3 is 2.46 bits per heavy atom. The maximum Gasteiger partial charge on any atom is 0.343 e. The van der Waals surface area contributed by atoms with Crippen LogP contribution in [0.4, 0.5) is 0 Å². The quantitative estimate of drug-likeness (QED) is 0.364. The van der Waals surface area contributed by atoms with Crippen molar-refractivity contribution in [1.82, 2.24) is 0 Å². The van der Waals surface area contributed by atoms with Crippen molar-refractivity contribution < 1.29 is 19.1 Å². The molecule has 0 aliphatic carbocycles. The number of rotatable bonds is 3. The molecule has 1 aliphatic rings. The van der Waals surface area contributed by atoms with Crippen LogP contribution >= 0.6 is 0 Å². The number of benzene rings is 3. The predicted octanol–water partition coefficient (Wildman–Crippen LogP) is 5.14. The Morgan fingerprint density at radius 2 is 1.71 bits per heavy atom. The summed E-state index contributed by atoms with van der Waals surface area (Å²) in [5.41, 5.74) is 3.95. The molecule has 0 N–H and O–H groups in total. The summed E-state index contributed by atoms with van der Waals surface area (Å²) < 4.78 is 11.2. The van der Waals surface area contributed by atoms with E-state index in [1.165, 1.54) is 0 Å². The van der Waals surface area contributed by atoms with Gasteiger partial charge in [-0.2, -0.15) is 0 Å². The Morgan fingerprint density at radius 1 is 0.964 bits per heavy atom. The third-order valence-corrected chi connectivity index (χ3v) is 4.61. The molecule has 0 spiro atoms. The molecule has 0 saturated heterocycles. The first-order valence-corrected chi connectivity index (χ1v) is 8.94. The fraction of sp³-hybridized carbons (Fsp3) is 0.0833. The summed E-state index contributed by atoms with van der Waals surface area (Å²) in [4.78, 5) is 24.9. The SMILES string of the molecule is Cc1ccc(C(=O)Oc2ccc3c(c2)O/C(=C\c2ccccc2C)C3=O)cc1. The zero-order chi connectivity index (χ0) is 19.7. The van der Waals surface area contributed by atoms with Crippen molar-refractivity contribution in [3.63, 3.8) is 0 Å². The minimum Gasteiger partial charge on any atom is -0.452 e. The molecule has 1 aliphatic heterocycles. The van der Waals surface area contributed by atoms with E-state index in [0.29, 0.717) is 22.6 Å². The minimum absolute atomic E-state index is 0.185. The van der Waals surface area contributed by atoms with Crippen molar-refractivity contribution in [2.24, 2.45) is 0 Å². The fourth-order valence-electron chi connectivity index (χ4n) is 2.98. The Hall–Kier alpha value is -3.66. The second-order valence-electron chi connectivity index (χ2n) is 6.71. The van der Waals surface area contributed by atoms with E-state index < -0.39 is 5.97 Å². The summed E-state index contributed by atoms with van der Waals surface area (Å²) in [6.07, 6.45) is 1.73. The number of hydrogen-bond acceptors (Lipinski definition) is 4. The van der Waals surface area contributed by atoms with Gasteiger partial charge in [-0.05, 0) is 55.3 Å². The first-order valence-electron chi connectivity index (χ1n) is 8.94. The van der Waals surface area contributed by atoms with Gasteiger partial charge in [0.2, 0.25) is 5.78 Å². The van der Waals surface area contributed by atoms with E-state index in [-0.39, 0.29) is 11.5 Å². The molecule has 0 unspecified atom stereocenters. The standard InChI is InChI=1S/C24H18O4/c1-15-7-9-17(10-8-15)24(26)27-19-11-12-20-21(14-19)28-22(23(20)25)13-18-6-4-3-5-16(18)2/h3-14H,1-2H3/b22-13-. The van der Waals surface area contributed by atoms with E-state index in [0.717, 1.165) is 16.7 Å². The second kappa shape index (κ2) is 7.16. The molecule has 0 radical (unpaired) electrons. The van der Waals surface area contributed by atoms with Gasteiger partial charge in [0.15, 0.2) is 5.76 Å². The maximum atomic E-state index is 12.6. The van der Waals surface area contributed by atoms with Crippen LogP contribution in [0.3, 0.4) is 0 Å². The zero-order valence-electron chi connectivity index (χ0n) is 15.6. The van der Waals surface area contributed by atoms with Gasteiger partial charge in [0, 0.05) is 6.07 Å². The molecule has 28 heavy (non-hydrogen) atoms. The van der Waals surface area contributed by atoms with Crippen LogP contribution in [0.25, 0.3) is 6.08 Å².